The number of anilines is 1. The van der Waals surface area contributed by atoms with Gasteiger partial charge >= 0.3 is 0 Å². The van der Waals surface area contributed by atoms with Crippen molar-refractivity contribution in [3.05, 3.63) is 101 Å². The number of aliphatic hydroxyl groups is 1. The maximum absolute atomic E-state index is 14.0. The summed E-state index contributed by atoms with van der Waals surface area (Å²) in [6.07, 6.45) is 1.34. The van der Waals surface area contributed by atoms with Crippen molar-refractivity contribution in [2.75, 3.05) is 12.0 Å². The highest BCUT2D eigenvalue weighted by Gasteiger charge is 2.46. The molecule has 1 aliphatic rings. The lowest BCUT2D eigenvalue weighted by atomic mass is 9.95. The highest BCUT2D eigenvalue weighted by molar-refractivity contribution is 8.00. The molecule has 0 fully saturated rings. The number of ketones is 1. The van der Waals surface area contributed by atoms with Crippen LogP contribution < -0.4 is 9.64 Å². The Labute approximate surface area is 213 Å². The predicted molar refractivity (Wildman–Crippen MR) is 132 cm³/mol. The lowest BCUT2D eigenvalue weighted by molar-refractivity contribution is -0.117. The molecule has 0 radical (unpaired) electrons. The van der Waals surface area contributed by atoms with Crippen molar-refractivity contribution < 1.29 is 28.2 Å². The number of benzene rings is 2. The van der Waals surface area contributed by atoms with E-state index in [4.69, 9.17) is 9.15 Å². The Bertz CT molecular complexity index is 1470. The summed E-state index contributed by atoms with van der Waals surface area (Å²) >= 11 is 2.37. The number of methoxy groups -OCH3 is 1. The van der Waals surface area contributed by atoms with Gasteiger partial charge < -0.3 is 14.3 Å². The molecule has 36 heavy (non-hydrogen) atoms. The van der Waals surface area contributed by atoms with Gasteiger partial charge in [0.25, 0.3) is 5.91 Å². The van der Waals surface area contributed by atoms with E-state index in [-0.39, 0.29) is 22.3 Å². The number of rotatable bonds is 8. The Morgan fingerprint density at radius 2 is 2.03 bits per heavy atom. The number of furan rings is 1. The molecule has 1 aliphatic heterocycles. The SMILES string of the molecule is COc1cccc(C2C(C(=O)c3ccco3)=C(O)C(=O)N2c2nnc(SCc3ccccc3F)s2)c1. The van der Waals surface area contributed by atoms with E-state index in [1.54, 1.807) is 48.5 Å². The lowest BCUT2D eigenvalue weighted by Crippen LogP contribution is -2.31. The summed E-state index contributed by atoms with van der Waals surface area (Å²) in [7, 11) is 1.50. The van der Waals surface area contributed by atoms with Crippen molar-refractivity contribution in [3.8, 4) is 5.75 Å². The minimum atomic E-state index is -0.998. The third-order valence-corrected chi connectivity index (χ3v) is 7.62. The second-order valence-electron chi connectivity index (χ2n) is 7.65. The number of ether oxygens (including phenoxy) is 1. The van der Waals surface area contributed by atoms with E-state index in [2.05, 4.69) is 10.2 Å². The van der Waals surface area contributed by atoms with Gasteiger partial charge in [-0.25, -0.2) is 4.39 Å². The molecule has 3 heterocycles. The van der Waals surface area contributed by atoms with E-state index in [0.717, 1.165) is 11.3 Å². The molecule has 1 atom stereocenters. The van der Waals surface area contributed by atoms with Gasteiger partial charge in [0, 0.05) is 5.75 Å². The Kier molecular flexibility index (Phi) is 6.57. The minimum absolute atomic E-state index is 0.0162. The summed E-state index contributed by atoms with van der Waals surface area (Å²) in [5.41, 5.74) is 0.896. The molecule has 0 spiro atoms. The first-order chi connectivity index (χ1) is 17.5. The fourth-order valence-corrected chi connectivity index (χ4v) is 5.67. The predicted octanol–water partition coefficient (Wildman–Crippen LogP) is 5.35. The Balaban J connectivity index is 1.51. The van der Waals surface area contributed by atoms with E-state index in [0.29, 0.717) is 27.0 Å². The van der Waals surface area contributed by atoms with Gasteiger partial charge in [-0.15, -0.1) is 10.2 Å². The molecular weight excluding hydrogens is 505 g/mol. The Morgan fingerprint density at radius 3 is 2.78 bits per heavy atom. The standard InChI is InChI=1S/C25H18FN3O5S2/c1-33-16-8-4-7-14(12-16)20-19(21(30)18-10-5-11-34-18)22(31)23(32)29(20)24-27-28-25(36-24)35-13-15-6-2-3-9-17(15)26/h2-12,20,31H,13H2,1H3. The highest BCUT2D eigenvalue weighted by Crippen LogP contribution is 2.44. The zero-order chi connectivity index (χ0) is 25.2. The summed E-state index contributed by atoms with van der Waals surface area (Å²) in [4.78, 5) is 27.8. The number of halogens is 1. The van der Waals surface area contributed by atoms with E-state index in [9.17, 15) is 19.1 Å². The van der Waals surface area contributed by atoms with Crippen LogP contribution in [-0.2, 0) is 10.5 Å². The molecule has 0 bridgehead atoms. The molecule has 0 saturated carbocycles. The number of nitrogens with zero attached hydrogens (tertiary/aromatic N) is 3. The number of amides is 1. The van der Waals surface area contributed by atoms with Crippen LogP contribution in [0.25, 0.3) is 0 Å². The van der Waals surface area contributed by atoms with Crippen molar-refractivity contribution in [1.82, 2.24) is 10.2 Å². The second-order valence-corrected chi connectivity index (χ2v) is 9.83. The lowest BCUT2D eigenvalue weighted by Gasteiger charge is -2.24. The van der Waals surface area contributed by atoms with Gasteiger partial charge in [-0.1, -0.05) is 53.4 Å². The first kappa shape index (κ1) is 23.8. The maximum Gasteiger partial charge on any atom is 0.296 e. The van der Waals surface area contributed by atoms with Gasteiger partial charge in [-0.3, -0.25) is 14.5 Å². The number of carbonyl (C=O) groups excluding carboxylic acids is 2. The molecule has 8 nitrogen and oxygen atoms in total. The van der Waals surface area contributed by atoms with Crippen molar-refractivity contribution in [2.45, 2.75) is 16.1 Å². The van der Waals surface area contributed by atoms with Crippen LogP contribution in [0, 0.1) is 5.82 Å². The van der Waals surface area contributed by atoms with Gasteiger partial charge in [0.05, 0.1) is 25.0 Å². The normalized spacial score (nSPS) is 15.6. The molecule has 1 N–H and O–H groups in total. The number of thioether (sulfide) groups is 1. The molecule has 2 aromatic heterocycles. The van der Waals surface area contributed by atoms with Crippen LogP contribution in [0.3, 0.4) is 0 Å². The molecule has 1 unspecified atom stereocenters. The fourth-order valence-electron chi connectivity index (χ4n) is 3.82. The third kappa shape index (κ3) is 4.38. The monoisotopic (exact) mass is 523 g/mol. The van der Waals surface area contributed by atoms with Gasteiger partial charge in [-0.05, 0) is 41.5 Å². The van der Waals surface area contributed by atoms with Crippen LogP contribution in [0.4, 0.5) is 9.52 Å². The third-order valence-electron chi connectivity index (χ3n) is 5.52. The van der Waals surface area contributed by atoms with Crippen LogP contribution in [0.2, 0.25) is 0 Å². The number of carbonyl (C=O) groups is 2. The highest BCUT2D eigenvalue weighted by atomic mass is 32.2. The molecule has 5 rings (SSSR count). The zero-order valence-electron chi connectivity index (χ0n) is 18.8. The van der Waals surface area contributed by atoms with Crippen LogP contribution >= 0.6 is 23.1 Å². The van der Waals surface area contributed by atoms with E-state index < -0.39 is 23.5 Å². The van der Waals surface area contributed by atoms with E-state index >= 15 is 0 Å². The van der Waals surface area contributed by atoms with Crippen LogP contribution in [0.5, 0.6) is 5.75 Å². The fraction of sp³-hybridized carbons (Fsp3) is 0.120. The molecule has 2 aromatic carbocycles. The summed E-state index contributed by atoms with van der Waals surface area (Å²) in [6, 6.07) is 15.3. The average molecular weight is 524 g/mol. The zero-order valence-corrected chi connectivity index (χ0v) is 20.4. The number of aromatic nitrogens is 2. The summed E-state index contributed by atoms with van der Waals surface area (Å²) in [6.45, 7) is 0. The molecule has 0 aliphatic carbocycles. The summed E-state index contributed by atoms with van der Waals surface area (Å²) < 4.78 is 25.0. The van der Waals surface area contributed by atoms with Crippen LogP contribution in [0.1, 0.15) is 27.7 Å². The molecule has 4 aromatic rings. The molecule has 1 amide bonds. The average Bonchev–Trinajstić information content (AvgIpc) is 3.64. The van der Waals surface area contributed by atoms with Crippen molar-refractivity contribution in [2.24, 2.45) is 0 Å². The molecule has 0 saturated heterocycles. The molecule has 182 valence electrons. The number of hydrogen-bond acceptors (Lipinski definition) is 9. The second kappa shape index (κ2) is 9.96. The van der Waals surface area contributed by atoms with Gasteiger partial charge in [-0.2, -0.15) is 0 Å². The number of hydrogen-bond donors (Lipinski definition) is 1. The van der Waals surface area contributed by atoms with Crippen LogP contribution in [0.15, 0.2) is 87.0 Å². The summed E-state index contributed by atoms with van der Waals surface area (Å²) in [5, 5.41) is 19.3. The number of aliphatic hydroxyl groups excluding tert-OH is 1. The smallest absolute Gasteiger partial charge is 0.296 e. The van der Waals surface area contributed by atoms with Crippen molar-refractivity contribution >= 4 is 39.9 Å². The minimum Gasteiger partial charge on any atom is -0.503 e. The summed E-state index contributed by atoms with van der Waals surface area (Å²) in [5.74, 6) is -1.62. The first-order valence-electron chi connectivity index (χ1n) is 10.7. The van der Waals surface area contributed by atoms with E-state index in [1.807, 2.05) is 0 Å². The number of Topliss-reactive ketones (excluding diaryl/α,β-unsaturated/α-hetero) is 1. The van der Waals surface area contributed by atoms with Crippen LogP contribution in [-0.4, -0.2) is 34.1 Å². The van der Waals surface area contributed by atoms with Crippen molar-refractivity contribution in [1.29, 1.82) is 0 Å². The molecule has 11 heteroatoms. The molecular formula is C25H18FN3O5S2. The van der Waals surface area contributed by atoms with Gasteiger partial charge in [0.1, 0.15) is 11.6 Å². The topological polar surface area (TPSA) is 106 Å². The maximum atomic E-state index is 14.0. The van der Waals surface area contributed by atoms with Crippen molar-refractivity contribution in [3.63, 3.8) is 0 Å². The van der Waals surface area contributed by atoms with Gasteiger partial charge in [0.15, 0.2) is 15.9 Å². The Morgan fingerprint density at radius 1 is 1.19 bits per heavy atom. The van der Waals surface area contributed by atoms with E-state index in [1.165, 1.54) is 42.2 Å². The first-order valence-corrected chi connectivity index (χ1v) is 12.5. The quantitative estimate of drug-likeness (QED) is 0.187. The largest absolute Gasteiger partial charge is 0.503 e. The van der Waals surface area contributed by atoms with Gasteiger partial charge in [0.2, 0.25) is 10.9 Å². The Hall–Kier alpha value is -3.96.